The van der Waals surface area contributed by atoms with Crippen LogP contribution in [0.15, 0.2) is 24.3 Å². The Morgan fingerprint density at radius 2 is 1.89 bits per heavy atom. The smallest absolute Gasteiger partial charge is 0.335 e. The molecule has 0 heterocycles. The van der Waals surface area contributed by atoms with Crippen molar-refractivity contribution in [1.82, 2.24) is 4.89 Å². The highest BCUT2D eigenvalue weighted by Crippen LogP contribution is 2.08. The minimum Gasteiger partial charge on any atom is -0.478 e. The standard InChI is InChI=1S/C12H17NO5S/c1-9(2)7-18-13-19(16,17)8-10-3-5-11(6-4-10)12(14)15/h3-6,9,13H,7-8H2,1-2H3,(H,14,15). The number of aromatic carboxylic acids is 1. The summed E-state index contributed by atoms with van der Waals surface area (Å²) in [7, 11) is -3.58. The van der Waals surface area contributed by atoms with Gasteiger partial charge >= 0.3 is 5.97 Å². The summed E-state index contributed by atoms with van der Waals surface area (Å²) >= 11 is 0. The number of carbonyl (C=O) groups is 1. The lowest BCUT2D eigenvalue weighted by Crippen LogP contribution is -2.27. The van der Waals surface area contributed by atoms with Crippen LogP contribution in [0.25, 0.3) is 0 Å². The Morgan fingerprint density at radius 3 is 2.37 bits per heavy atom. The van der Waals surface area contributed by atoms with Crippen LogP contribution in [0.3, 0.4) is 0 Å². The molecule has 0 saturated heterocycles. The average Bonchev–Trinajstić information content (AvgIpc) is 2.28. The average molecular weight is 287 g/mol. The van der Waals surface area contributed by atoms with Crippen LogP contribution in [0.5, 0.6) is 0 Å². The normalized spacial score (nSPS) is 11.7. The largest absolute Gasteiger partial charge is 0.478 e. The summed E-state index contributed by atoms with van der Waals surface area (Å²) in [6.45, 7) is 4.09. The van der Waals surface area contributed by atoms with Crippen molar-refractivity contribution in [2.24, 2.45) is 5.92 Å². The van der Waals surface area contributed by atoms with Gasteiger partial charge in [0, 0.05) is 0 Å². The van der Waals surface area contributed by atoms with Crippen molar-refractivity contribution < 1.29 is 23.2 Å². The van der Waals surface area contributed by atoms with E-state index in [9.17, 15) is 13.2 Å². The van der Waals surface area contributed by atoms with Gasteiger partial charge in [-0.25, -0.2) is 13.2 Å². The van der Waals surface area contributed by atoms with Gasteiger partial charge < -0.3 is 5.11 Å². The second kappa shape index (κ2) is 6.65. The molecule has 106 valence electrons. The van der Waals surface area contributed by atoms with Gasteiger partial charge in [0.1, 0.15) is 0 Å². The molecule has 0 spiro atoms. The zero-order valence-corrected chi connectivity index (χ0v) is 11.6. The molecule has 0 aliphatic carbocycles. The molecule has 0 aliphatic rings. The van der Waals surface area contributed by atoms with Crippen LogP contribution in [0.1, 0.15) is 29.8 Å². The van der Waals surface area contributed by atoms with Crippen LogP contribution < -0.4 is 4.89 Å². The molecule has 0 fully saturated rings. The van der Waals surface area contributed by atoms with Gasteiger partial charge in [0.15, 0.2) is 0 Å². The van der Waals surface area contributed by atoms with Crippen molar-refractivity contribution in [3.63, 3.8) is 0 Å². The molecule has 7 heteroatoms. The second-order valence-electron chi connectivity index (χ2n) is 4.55. The number of rotatable bonds is 7. The highest BCUT2D eigenvalue weighted by molar-refractivity contribution is 7.88. The predicted molar refractivity (Wildman–Crippen MR) is 70.0 cm³/mol. The van der Waals surface area contributed by atoms with Gasteiger partial charge in [0.25, 0.3) is 0 Å². The van der Waals surface area contributed by atoms with E-state index in [4.69, 9.17) is 9.94 Å². The maximum Gasteiger partial charge on any atom is 0.335 e. The molecule has 1 rings (SSSR count). The van der Waals surface area contributed by atoms with Crippen molar-refractivity contribution >= 4 is 16.0 Å². The lowest BCUT2D eigenvalue weighted by atomic mass is 10.1. The van der Waals surface area contributed by atoms with E-state index in [-0.39, 0.29) is 23.8 Å². The molecule has 1 aromatic rings. The first-order chi connectivity index (χ1) is 8.80. The molecule has 0 saturated carbocycles. The molecule has 0 unspecified atom stereocenters. The van der Waals surface area contributed by atoms with Gasteiger partial charge in [-0.05, 0) is 23.6 Å². The number of sulfonamides is 1. The van der Waals surface area contributed by atoms with E-state index in [1.165, 1.54) is 24.3 Å². The lowest BCUT2D eigenvalue weighted by Gasteiger charge is -2.09. The van der Waals surface area contributed by atoms with Crippen LogP contribution in [0.4, 0.5) is 0 Å². The minimum absolute atomic E-state index is 0.116. The maximum atomic E-state index is 11.6. The molecular weight excluding hydrogens is 270 g/mol. The Bertz CT molecular complexity index is 522. The van der Waals surface area contributed by atoms with Gasteiger partial charge in [0.05, 0.1) is 17.9 Å². The molecule has 1 aromatic carbocycles. The number of nitrogens with one attached hydrogen (secondary N) is 1. The van der Waals surface area contributed by atoms with E-state index < -0.39 is 16.0 Å². The number of benzene rings is 1. The van der Waals surface area contributed by atoms with Crippen molar-refractivity contribution in [2.45, 2.75) is 19.6 Å². The maximum absolute atomic E-state index is 11.6. The fraction of sp³-hybridized carbons (Fsp3) is 0.417. The van der Waals surface area contributed by atoms with Crippen LogP contribution >= 0.6 is 0 Å². The summed E-state index contributed by atoms with van der Waals surface area (Å²) in [5, 5.41) is 8.73. The Morgan fingerprint density at radius 1 is 1.32 bits per heavy atom. The number of carboxylic acid groups (broad SMARTS) is 1. The zero-order chi connectivity index (χ0) is 14.5. The van der Waals surface area contributed by atoms with Crippen molar-refractivity contribution in [1.29, 1.82) is 0 Å². The summed E-state index contributed by atoms with van der Waals surface area (Å²) in [6.07, 6.45) is 0. The quantitative estimate of drug-likeness (QED) is 0.739. The van der Waals surface area contributed by atoms with E-state index in [1.54, 1.807) is 0 Å². The van der Waals surface area contributed by atoms with Crippen LogP contribution in [0.2, 0.25) is 0 Å². The fourth-order valence-corrected chi connectivity index (χ4v) is 2.22. The highest BCUT2D eigenvalue weighted by atomic mass is 32.2. The molecule has 19 heavy (non-hydrogen) atoms. The first kappa shape index (κ1) is 15.6. The third kappa shape index (κ3) is 5.82. The number of carboxylic acids is 1. The van der Waals surface area contributed by atoms with Gasteiger partial charge in [-0.2, -0.15) is 0 Å². The monoisotopic (exact) mass is 287 g/mol. The van der Waals surface area contributed by atoms with Gasteiger partial charge in [-0.15, -0.1) is 0 Å². The minimum atomic E-state index is -3.58. The molecule has 0 amide bonds. The van der Waals surface area contributed by atoms with E-state index in [0.717, 1.165) is 0 Å². The fourth-order valence-electron chi connectivity index (χ4n) is 1.28. The Kier molecular flexibility index (Phi) is 5.46. The van der Waals surface area contributed by atoms with Gasteiger partial charge in [-0.3, -0.25) is 4.84 Å². The molecule has 2 N–H and O–H groups in total. The number of hydrogen-bond acceptors (Lipinski definition) is 4. The van der Waals surface area contributed by atoms with E-state index in [2.05, 4.69) is 0 Å². The molecule has 0 atom stereocenters. The first-order valence-corrected chi connectivity index (χ1v) is 7.39. The highest BCUT2D eigenvalue weighted by Gasteiger charge is 2.12. The second-order valence-corrected chi connectivity index (χ2v) is 6.23. The molecule has 0 bridgehead atoms. The van der Waals surface area contributed by atoms with Gasteiger partial charge in [-0.1, -0.05) is 30.9 Å². The Balaban J connectivity index is 2.60. The molecule has 0 aliphatic heterocycles. The van der Waals surface area contributed by atoms with E-state index in [1.807, 2.05) is 18.7 Å². The Hall–Kier alpha value is -1.44. The summed E-state index contributed by atoms with van der Waals surface area (Å²) in [5.41, 5.74) is 0.607. The molecule has 0 aromatic heterocycles. The summed E-state index contributed by atoms with van der Waals surface area (Å²) in [4.78, 5) is 17.5. The third-order valence-electron chi connectivity index (χ3n) is 2.16. The first-order valence-electron chi connectivity index (χ1n) is 5.73. The van der Waals surface area contributed by atoms with Crippen LogP contribution in [0, 0.1) is 5.92 Å². The van der Waals surface area contributed by atoms with Gasteiger partial charge in [0.2, 0.25) is 10.0 Å². The summed E-state index contributed by atoms with van der Waals surface area (Å²) in [6, 6.07) is 5.65. The van der Waals surface area contributed by atoms with Crippen LogP contribution in [-0.2, 0) is 20.6 Å². The van der Waals surface area contributed by atoms with Crippen LogP contribution in [-0.4, -0.2) is 26.1 Å². The molecular formula is C12H17NO5S. The van der Waals surface area contributed by atoms with E-state index >= 15 is 0 Å². The van der Waals surface area contributed by atoms with E-state index in [0.29, 0.717) is 5.56 Å². The predicted octanol–water partition coefficient (Wildman–Crippen LogP) is 1.39. The summed E-state index contributed by atoms with van der Waals surface area (Å²) < 4.78 is 23.3. The third-order valence-corrected chi connectivity index (χ3v) is 3.25. The summed E-state index contributed by atoms with van der Waals surface area (Å²) in [5.74, 6) is -1.09. The Labute approximate surface area is 112 Å². The van der Waals surface area contributed by atoms with Crippen molar-refractivity contribution in [3.05, 3.63) is 35.4 Å². The lowest BCUT2D eigenvalue weighted by molar-refractivity contribution is 0.0697. The topological polar surface area (TPSA) is 92.7 Å². The molecule has 6 nitrogen and oxygen atoms in total. The van der Waals surface area contributed by atoms with Crippen molar-refractivity contribution in [2.75, 3.05) is 6.61 Å². The molecule has 0 radical (unpaired) electrons. The number of hydrogen-bond donors (Lipinski definition) is 2. The SMILES string of the molecule is CC(C)CONS(=O)(=O)Cc1ccc(C(=O)O)cc1. The zero-order valence-electron chi connectivity index (χ0n) is 10.8. The van der Waals surface area contributed by atoms with Crippen molar-refractivity contribution in [3.8, 4) is 0 Å².